The molecule has 0 bridgehead atoms. The van der Waals surface area contributed by atoms with Gasteiger partial charge in [-0.25, -0.2) is 0 Å². The fourth-order valence-electron chi connectivity index (χ4n) is 9.10. The van der Waals surface area contributed by atoms with E-state index in [1.165, 1.54) is 49.9 Å². The van der Waals surface area contributed by atoms with Gasteiger partial charge < -0.3 is 14.4 Å². The van der Waals surface area contributed by atoms with Crippen molar-refractivity contribution in [1.82, 2.24) is 9.97 Å². The third-order valence-electron chi connectivity index (χ3n) is 12.4. The molecule has 2 fully saturated rings. The number of aryl methyl sites for hydroxylation is 2. The molecule has 291 valence electrons. The maximum atomic E-state index is 9.65. The molecule has 0 saturated heterocycles. The number of nitrogens with zero attached hydrogens (tertiary/aromatic N) is 2. The Kier molecular flexibility index (Phi) is 8.78. The molecule has 2 aliphatic rings. The number of hydrogen-bond donors (Lipinski definition) is 0. The quantitative estimate of drug-likeness (QED) is 0.131. The minimum Gasteiger partial charge on any atom is -0.500 e. The number of furan rings is 1. The standard InChI is InChI=1S/C37H34NO.C16H18N.Ir/c1-24-23-38-33(22-32(24)26-16-20-37(21-17-26)18-5-2-6-19-37)31-11-7-10-29-30-15-14-27-13-12-25-8-3-4-9-28(25)34(27)36(30)39-35(29)31;1-12-5-7-13(8-6-12)15-10-9-14(11-17-15)16(2,3)4;/h3-4,7-10,12-15,22-23,26H,2,5-6,16-21H2,1H3;5-7,9-11H,1-4H3;/q2*-1;/i1D3,26D;1D3;. The Balaban J connectivity index is 0.000000225. The molecule has 3 aromatic heterocycles. The Hall–Kier alpha value is -4.63. The Morgan fingerprint density at radius 3 is 2.25 bits per heavy atom. The molecule has 0 aliphatic heterocycles. The van der Waals surface area contributed by atoms with Crippen molar-refractivity contribution in [3.8, 4) is 22.5 Å². The largest absolute Gasteiger partial charge is 0.500 e. The van der Waals surface area contributed by atoms with Crippen LogP contribution >= 0.6 is 0 Å². The first-order chi connectivity index (χ1) is 29.9. The molecule has 0 atom stereocenters. The summed E-state index contributed by atoms with van der Waals surface area (Å²) in [5.74, 6) is -0.957. The van der Waals surface area contributed by atoms with Gasteiger partial charge in [-0.1, -0.05) is 125 Å². The Labute approximate surface area is 361 Å². The molecule has 8 aromatic rings. The molecular weight excluding hydrogens is 873 g/mol. The summed E-state index contributed by atoms with van der Waals surface area (Å²) < 4.78 is 63.3. The summed E-state index contributed by atoms with van der Waals surface area (Å²) in [5.41, 5.74) is 7.06. The van der Waals surface area contributed by atoms with Crippen molar-refractivity contribution in [2.24, 2.45) is 5.41 Å². The van der Waals surface area contributed by atoms with Crippen LogP contribution < -0.4 is 0 Å². The summed E-state index contributed by atoms with van der Waals surface area (Å²) in [6.07, 6.45) is 13.0. The van der Waals surface area contributed by atoms with Crippen LogP contribution in [-0.2, 0) is 25.5 Å². The molecule has 0 amide bonds. The maximum Gasteiger partial charge on any atom is 0.129 e. The second-order valence-corrected chi connectivity index (χ2v) is 17.0. The van der Waals surface area contributed by atoms with Crippen LogP contribution in [0.5, 0.6) is 0 Å². The van der Waals surface area contributed by atoms with Gasteiger partial charge in [-0.05, 0) is 106 Å². The number of benzene rings is 5. The van der Waals surface area contributed by atoms with Gasteiger partial charge in [-0.15, -0.1) is 53.6 Å². The minimum absolute atomic E-state index is 0. The summed E-state index contributed by atoms with van der Waals surface area (Å²) >= 11 is 0. The molecule has 0 unspecified atom stereocenters. The van der Waals surface area contributed by atoms with E-state index < -0.39 is 19.6 Å². The van der Waals surface area contributed by atoms with Crippen LogP contribution in [0.25, 0.3) is 66.0 Å². The molecule has 2 saturated carbocycles. The van der Waals surface area contributed by atoms with Crippen LogP contribution in [0.2, 0.25) is 0 Å². The predicted octanol–water partition coefficient (Wildman–Crippen LogP) is 14.8. The minimum atomic E-state index is -2.34. The van der Waals surface area contributed by atoms with Gasteiger partial charge in [0.2, 0.25) is 0 Å². The van der Waals surface area contributed by atoms with Crippen molar-refractivity contribution in [3.05, 3.63) is 144 Å². The first-order valence-electron chi connectivity index (χ1n) is 23.6. The fourth-order valence-corrected chi connectivity index (χ4v) is 9.10. The van der Waals surface area contributed by atoms with Gasteiger partial charge >= 0.3 is 0 Å². The molecule has 1 spiro atoms. The molecular formula is C53H52IrN2O-2. The summed E-state index contributed by atoms with van der Waals surface area (Å²) in [6.45, 7) is 1.99. The summed E-state index contributed by atoms with van der Waals surface area (Å²) in [5, 5.41) is 6.48. The fraction of sp³-hybridized carbons (Fsp3) is 0.321. The Morgan fingerprint density at radius 1 is 0.737 bits per heavy atom. The van der Waals surface area contributed by atoms with E-state index in [0.717, 1.165) is 62.0 Å². The van der Waals surface area contributed by atoms with Crippen molar-refractivity contribution in [2.75, 3.05) is 0 Å². The number of rotatable bonds is 3. The average Bonchev–Trinajstić information content (AvgIpc) is 3.66. The molecule has 3 nitrogen and oxygen atoms in total. The topological polar surface area (TPSA) is 38.9 Å². The normalized spacial score (nSPS) is 18.6. The van der Waals surface area contributed by atoms with Gasteiger partial charge in [-0.3, -0.25) is 0 Å². The van der Waals surface area contributed by atoms with Crippen LogP contribution in [0.4, 0.5) is 0 Å². The zero-order valence-electron chi connectivity index (χ0n) is 39.9. The van der Waals surface area contributed by atoms with Crippen LogP contribution in [0.3, 0.4) is 0 Å². The first-order valence-corrected chi connectivity index (χ1v) is 20.1. The zero-order chi connectivity index (χ0) is 44.4. The number of pyridine rings is 2. The summed E-state index contributed by atoms with van der Waals surface area (Å²) in [7, 11) is 0. The molecule has 1 radical (unpaired) electrons. The first kappa shape index (κ1) is 31.4. The average molecular weight is 932 g/mol. The molecule has 57 heavy (non-hydrogen) atoms. The van der Waals surface area contributed by atoms with Crippen molar-refractivity contribution >= 4 is 43.5 Å². The molecule has 2 aliphatic carbocycles. The van der Waals surface area contributed by atoms with Gasteiger partial charge in [-0.2, -0.15) is 0 Å². The molecule has 10 rings (SSSR count). The molecule has 5 aromatic carbocycles. The second kappa shape index (κ2) is 16.0. The van der Waals surface area contributed by atoms with E-state index >= 15 is 0 Å². The van der Waals surface area contributed by atoms with Gasteiger partial charge in [0, 0.05) is 52.9 Å². The van der Waals surface area contributed by atoms with Crippen LogP contribution in [-0.4, -0.2) is 9.97 Å². The smallest absolute Gasteiger partial charge is 0.129 e. The monoisotopic (exact) mass is 932 g/mol. The Morgan fingerprint density at radius 2 is 1.51 bits per heavy atom. The zero-order valence-corrected chi connectivity index (χ0v) is 35.3. The van der Waals surface area contributed by atoms with E-state index in [-0.39, 0.29) is 31.1 Å². The van der Waals surface area contributed by atoms with Crippen molar-refractivity contribution < 1.29 is 34.1 Å². The molecule has 3 heterocycles. The van der Waals surface area contributed by atoms with E-state index in [9.17, 15) is 1.37 Å². The third-order valence-corrected chi connectivity index (χ3v) is 12.4. The SMILES string of the molecule is [2H]C([2H])([2H])c1c[c-]c(-c2ccc(C(C)(C)C)cn2)cc1.[2H]C([2H])([2H])c1cnc(-c2[c-]ccc3c2oc2c3ccc3ccc4ccccc4c32)cc1C1([2H])CCC2(CCCCC2)CC1.[Ir]. The summed E-state index contributed by atoms with van der Waals surface area (Å²) in [6, 6.07) is 37.9. The molecule has 4 heteroatoms. The predicted molar refractivity (Wildman–Crippen MR) is 234 cm³/mol. The van der Waals surface area contributed by atoms with E-state index in [1.54, 1.807) is 12.1 Å². The molecule has 0 N–H and O–H groups in total. The number of aromatic nitrogens is 2. The van der Waals surface area contributed by atoms with Crippen molar-refractivity contribution in [3.63, 3.8) is 0 Å². The van der Waals surface area contributed by atoms with Crippen molar-refractivity contribution in [1.29, 1.82) is 0 Å². The van der Waals surface area contributed by atoms with Crippen LogP contribution in [0, 0.1) is 31.3 Å². The van der Waals surface area contributed by atoms with E-state index in [1.807, 2.05) is 42.6 Å². The number of hydrogen-bond acceptors (Lipinski definition) is 3. The van der Waals surface area contributed by atoms with E-state index in [0.29, 0.717) is 46.2 Å². The second-order valence-electron chi connectivity index (χ2n) is 17.0. The van der Waals surface area contributed by atoms with Gasteiger partial charge in [0.25, 0.3) is 0 Å². The van der Waals surface area contributed by atoms with E-state index in [2.05, 4.69) is 85.3 Å². The third kappa shape index (κ3) is 7.72. The van der Waals surface area contributed by atoms with Crippen LogP contribution in [0.1, 0.15) is 116 Å². The Bertz CT molecular complexity index is 2890. The van der Waals surface area contributed by atoms with Gasteiger partial charge in [0.1, 0.15) is 5.58 Å². The summed E-state index contributed by atoms with van der Waals surface area (Å²) in [4.78, 5) is 9.12. The van der Waals surface area contributed by atoms with Crippen molar-refractivity contribution in [2.45, 2.75) is 104 Å². The number of fused-ring (bicyclic) bond motifs is 7. The van der Waals surface area contributed by atoms with Crippen LogP contribution in [0.15, 0.2) is 114 Å². The maximum absolute atomic E-state index is 9.65. The van der Waals surface area contributed by atoms with E-state index in [4.69, 9.17) is 12.6 Å². The van der Waals surface area contributed by atoms with Gasteiger partial charge in [0.15, 0.2) is 0 Å². The van der Waals surface area contributed by atoms with Gasteiger partial charge in [0.05, 0.1) is 5.58 Å².